The summed E-state index contributed by atoms with van der Waals surface area (Å²) in [6.45, 7) is 3.42. The summed E-state index contributed by atoms with van der Waals surface area (Å²) >= 11 is 0. The SMILES string of the molecule is C[C@@H]1O[C@H]1C(=O)N1CCOC2(CCS(=O)(=O)CC2)C1. The number of nitrogens with zero attached hydrogens (tertiary/aromatic N) is 1. The first kappa shape index (κ1) is 13.3. The van der Waals surface area contributed by atoms with E-state index in [9.17, 15) is 13.2 Å². The second-order valence-corrected chi connectivity index (χ2v) is 8.01. The third-order valence-corrected chi connectivity index (χ3v) is 5.90. The lowest BCUT2D eigenvalue weighted by molar-refractivity contribution is -0.153. The molecule has 0 aromatic carbocycles. The van der Waals surface area contributed by atoms with E-state index in [0.717, 1.165) is 0 Å². The quantitative estimate of drug-likeness (QED) is 0.613. The molecule has 3 saturated heterocycles. The predicted molar refractivity (Wildman–Crippen MR) is 67.5 cm³/mol. The lowest BCUT2D eigenvalue weighted by atomic mass is 9.94. The summed E-state index contributed by atoms with van der Waals surface area (Å²) in [6.07, 6.45) is 0.681. The van der Waals surface area contributed by atoms with Crippen LogP contribution in [0.25, 0.3) is 0 Å². The molecule has 108 valence electrons. The van der Waals surface area contributed by atoms with Gasteiger partial charge in [0.1, 0.15) is 0 Å². The third kappa shape index (κ3) is 2.64. The summed E-state index contributed by atoms with van der Waals surface area (Å²) in [7, 11) is -2.92. The van der Waals surface area contributed by atoms with Crippen molar-refractivity contribution in [1.29, 1.82) is 0 Å². The number of hydrogen-bond acceptors (Lipinski definition) is 5. The van der Waals surface area contributed by atoms with Gasteiger partial charge in [-0.2, -0.15) is 0 Å². The van der Waals surface area contributed by atoms with Crippen molar-refractivity contribution >= 4 is 15.7 Å². The highest BCUT2D eigenvalue weighted by molar-refractivity contribution is 7.91. The Morgan fingerprint density at radius 2 is 1.95 bits per heavy atom. The van der Waals surface area contributed by atoms with Gasteiger partial charge in [-0.25, -0.2) is 8.42 Å². The highest BCUT2D eigenvalue weighted by Crippen LogP contribution is 2.33. The van der Waals surface area contributed by atoms with Crippen LogP contribution in [-0.2, 0) is 24.1 Å². The molecule has 0 radical (unpaired) electrons. The number of carbonyl (C=O) groups is 1. The van der Waals surface area contributed by atoms with Gasteiger partial charge in [0.2, 0.25) is 0 Å². The van der Waals surface area contributed by atoms with E-state index in [0.29, 0.717) is 32.5 Å². The maximum atomic E-state index is 12.2. The number of carbonyl (C=O) groups excluding carboxylic acids is 1. The Hall–Kier alpha value is -0.660. The number of epoxide rings is 1. The van der Waals surface area contributed by atoms with Crippen molar-refractivity contribution in [3.8, 4) is 0 Å². The molecule has 3 aliphatic heterocycles. The van der Waals surface area contributed by atoms with Gasteiger partial charge in [0.15, 0.2) is 15.9 Å². The van der Waals surface area contributed by atoms with Crippen molar-refractivity contribution in [1.82, 2.24) is 4.90 Å². The molecule has 0 N–H and O–H groups in total. The Kier molecular flexibility index (Phi) is 3.11. The topological polar surface area (TPSA) is 76.2 Å². The Bertz CT molecular complexity index is 474. The van der Waals surface area contributed by atoms with Crippen LogP contribution in [0.3, 0.4) is 0 Å². The molecule has 0 aliphatic carbocycles. The second-order valence-electron chi connectivity index (χ2n) is 5.70. The van der Waals surface area contributed by atoms with Gasteiger partial charge in [-0.3, -0.25) is 4.79 Å². The minimum Gasteiger partial charge on any atom is -0.371 e. The molecular formula is C12H19NO5S. The molecule has 3 aliphatic rings. The van der Waals surface area contributed by atoms with E-state index in [1.54, 1.807) is 4.90 Å². The summed E-state index contributed by atoms with van der Waals surface area (Å²) in [5.74, 6) is 0.333. The van der Waals surface area contributed by atoms with Crippen LogP contribution in [0, 0.1) is 0 Å². The molecule has 19 heavy (non-hydrogen) atoms. The van der Waals surface area contributed by atoms with Crippen molar-refractivity contribution in [2.24, 2.45) is 0 Å². The predicted octanol–water partition coefficient (Wildman–Crippen LogP) is -0.420. The van der Waals surface area contributed by atoms with Gasteiger partial charge in [0, 0.05) is 13.1 Å². The number of rotatable bonds is 1. The highest BCUT2D eigenvalue weighted by atomic mass is 32.2. The summed E-state index contributed by atoms with van der Waals surface area (Å²) < 4.78 is 34.0. The molecule has 0 unspecified atom stereocenters. The van der Waals surface area contributed by atoms with Crippen molar-refractivity contribution in [3.63, 3.8) is 0 Å². The van der Waals surface area contributed by atoms with Gasteiger partial charge in [-0.05, 0) is 19.8 Å². The fourth-order valence-corrected chi connectivity index (χ4v) is 4.44. The normalized spacial score (nSPS) is 36.2. The van der Waals surface area contributed by atoms with Crippen LogP contribution >= 0.6 is 0 Å². The van der Waals surface area contributed by atoms with Crippen LogP contribution in [0.4, 0.5) is 0 Å². The molecule has 0 aromatic heterocycles. The van der Waals surface area contributed by atoms with E-state index >= 15 is 0 Å². The highest BCUT2D eigenvalue weighted by Gasteiger charge is 2.48. The summed E-state index contributed by atoms with van der Waals surface area (Å²) in [4.78, 5) is 13.9. The zero-order chi connectivity index (χ0) is 13.7. The number of morpholine rings is 1. The van der Waals surface area contributed by atoms with Gasteiger partial charge in [0.05, 0.1) is 29.8 Å². The Morgan fingerprint density at radius 1 is 1.32 bits per heavy atom. The molecular weight excluding hydrogens is 270 g/mol. The van der Waals surface area contributed by atoms with Crippen molar-refractivity contribution in [3.05, 3.63) is 0 Å². The van der Waals surface area contributed by atoms with E-state index in [-0.39, 0.29) is 29.6 Å². The van der Waals surface area contributed by atoms with E-state index in [2.05, 4.69) is 0 Å². The molecule has 1 spiro atoms. The van der Waals surface area contributed by atoms with Crippen molar-refractivity contribution in [2.45, 2.75) is 37.6 Å². The van der Waals surface area contributed by atoms with Gasteiger partial charge in [0.25, 0.3) is 5.91 Å². The van der Waals surface area contributed by atoms with Crippen LogP contribution in [0.2, 0.25) is 0 Å². The zero-order valence-corrected chi connectivity index (χ0v) is 11.8. The van der Waals surface area contributed by atoms with Gasteiger partial charge >= 0.3 is 0 Å². The van der Waals surface area contributed by atoms with Gasteiger partial charge < -0.3 is 14.4 Å². The number of sulfone groups is 1. The van der Waals surface area contributed by atoms with E-state index in [4.69, 9.17) is 9.47 Å². The lowest BCUT2D eigenvalue weighted by Crippen LogP contribution is -2.57. The van der Waals surface area contributed by atoms with Crippen molar-refractivity contribution in [2.75, 3.05) is 31.2 Å². The summed E-state index contributed by atoms with van der Waals surface area (Å²) in [5.41, 5.74) is -0.461. The molecule has 6 nitrogen and oxygen atoms in total. The van der Waals surface area contributed by atoms with E-state index in [1.165, 1.54) is 0 Å². The van der Waals surface area contributed by atoms with Crippen LogP contribution in [0.15, 0.2) is 0 Å². The molecule has 3 fully saturated rings. The molecule has 0 saturated carbocycles. The van der Waals surface area contributed by atoms with E-state index < -0.39 is 15.4 Å². The maximum Gasteiger partial charge on any atom is 0.254 e. The molecule has 3 rings (SSSR count). The van der Waals surface area contributed by atoms with E-state index in [1.807, 2.05) is 6.92 Å². The largest absolute Gasteiger partial charge is 0.371 e. The molecule has 0 bridgehead atoms. The fraction of sp³-hybridized carbons (Fsp3) is 0.917. The second kappa shape index (κ2) is 4.43. The molecule has 3 heterocycles. The molecule has 1 amide bonds. The molecule has 7 heteroatoms. The summed E-state index contributed by atoms with van der Waals surface area (Å²) in [6, 6.07) is 0. The average Bonchev–Trinajstić information content (AvgIpc) is 3.10. The number of ether oxygens (including phenoxy) is 2. The van der Waals surface area contributed by atoms with Crippen molar-refractivity contribution < 1.29 is 22.7 Å². The third-order valence-electron chi connectivity index (χ3n) is 4.25. The minimum atomic E-state index is -2.92. The average molecular weight is 289 g/mol. The Morgan fingerprint density at radius 3 is 2.53 bits per heavy atom. The first-order chi connectivity index (χ1) is 8.91. The number of amides is 1. The van der Waals surface area contributed by atoms with Crippen LogP contribution < -0.4 is 0 Å². The zero-order valence-electron chi connectivity index (χ0n) is 11.0. The van der Waals surface area contributed by atoms with Crippen LogP contribution in [-0.4, -0.2) is 68.2 Å². The van der Waals surface area contributed by atoms with Gasteiger partial charge in [-0.15, -0.1) is 0 Å². The fourth-order valence-electron chi connectivity index (χ4n) is 2.87. The Balaban J connectivity index is 1.66. The standard InChI is InChI=1S/C12H19NO5S/c1-9-10(18-9)11(14)13-4-5-17-12(8-13)2-6-19(15,16)7-3-12/h9-10H,2-8H2,1H3/t9-,10+/m0/s1. The first-order valence-corrected chi connectivity index (χ1v) is 8.52. The Labute approximate surface area is 113 Å². The number of hydrogen-bond donors (Lipinski definition) is 0. The lowest BCUT2D eigenvalue weighted by Gasteiger charge is -2.44. The monoisotopic (exact) mass is 289 g/mol. The molecule has 2 atom stereocenters. The van der Waals surface area contributed by atoms with Crippen LogP contribution in [0.5, 0.6) is 0 Å². The van der Waals surface area contributed by atoms with Gasteiger partial charge in [-0.1, -0.05) is 0 Å². The van der Waals surface area contributed by atoms with Crippen LogP contribution in [0.1, 0.15) is 19.8 Å². The molecule has 0 aromatic rings. The smallest absolute Gasteiger partial charge is 0.254 e. The minimum absolute atomic E-state index is 0.0121. The first-order valence-electron chi connectivity index (χ1n) is 6.70. The summed E-state index contributed by atoms with van der Waals surface area (Å²) in [5, 5.41) is 0. The maximum absolute atomic E-state index is 12.2.